The van der Waals surface area contributed by atoms with Gasteiger partial charge < -0.3 is 5.11 Å². The lowest BCUT2D eigenvalue weighted by atomic mass is 9.78. The van der Waals surface area contributed by atoms with E-state index in [0.29, 0.717) is 12.8 Å². The molecule has 4 atom stereocenters. The van der Waals surface area contributed by atoms with Gasteiger partial charge in [-0.1, -0.05) is 21.3 Å². The Labute approximate surface area is 147 Å². The van der Waals surface area contributed by atoms with Gasteiger partial charge in [0.05, 0.1) is 5.92 Å². The van der Waals surface area contributed by atoms with Crippen LogP contribution >= 0.6 is 0 Å². The molecule has 2 aliphatic carbocycles. The lowest BCUT2D eigenvalue weighted by Gasteiger charge is -2.31. The number of carbonyl (C=O) groups excluding carboxylic acids is 1. The molecule has 2 rings (SSSR count). The van der Waals surface area contributed by atoms with Crippen LogP contribution in [0, 0.1) is 23.7 Å². The van der Waals surface area contributed by atoms with Crippen molar-refractivity contribution in [3.05, 3.63) is 0 Å². The third kappa shape index (κ3) is 8.19. The number of aliphatic carboxylic acids is 1. The number of carboxylic acids is 1. The van der Waals surface area contributed by atoms with Crippen molar-refractivity contribution in [1.82, 2.24) is 0 Å². The van der Waals surface area contributed by atoms with Gasteiger partial charge in [-0.05, 0) is 31.6 Å². The summed E-state index contributed by atoms with van der Waals surface area (Å²) in [7, 11) is 0. The third-order valence-electron chi connectivity index (χ3n) is 4.68. The van der Waals surface area contributed by atoms with Crippen molar-refractivity contribution < 1.29 is 32.3 Å². The van der Waals surface area contributed by atoms with Gasteiger partial charge in [-0.15, -0.1) is 0 Å². The summed E-state index contributed by atoms with van der Waals surface area (Å²) in [6.07, 6.45) is 0.0444. The van der Waals surface area contributed by atoms with Crippen LogP contribution in [0.25, 0.3) is 0 Å². The van der Waals surface area contributed by atoms with Crippen LogP contribution in [0.2, 0.25) is 0 Å². The molecule has 0 aromatic carbocycles. The van der Waals surface area contributed by atoms with Gasteiger partial charge in [0.25, 0.3) is 0 Å². The van der Waals surface area contributed by atoms with Crippen molar-refractivity contribution in [2.24, 2.45) is 23.7 Å². The summed E-state index contributed by atoms with van der Waals surface area (Å²) in [6.45, 7) is 4.85. The molecule has 2 fully saturated rings. The topological polar surface area (TPSA) is 54.4 Å². The quantitative estimate of drug-likeness (QED) is 0.660. The lowest BCUT2D eigenvalue weighted by molar-refractivity contribution is -0.151. The predicted octanol–water partition coefficient (Wildman–Crippen LogP) is 5.43. The van der Waals surface area contributed by atoms with E-state index in [0.717, 1.165) is 0 Å². The van der Waals surface area contributed by atoms with Crippen LogP contribution in [0.5, 0.6) is 0 Å². The van der Waals surface area contributed by atoms with E-state index < -0.39 is 36.1 Å². The van der Waals surface area contributed by atoms with Crippen LogP contribution in [0.4, 0.5) is 17.6 Å². The number of carbonyl (C=O) groups is 2. The Morgan fingerprint density at radius 3 is 1.52 bits per heavy atom. The Kier molecular flexibility index (Phi) is 8.58. The molecule has 0 spiro atoms. The summed E-state index contributed by atoms with van der Waals surface area (Å²) in [6, 6.07) is 0. The summed E-state index contributed by atoms with van der Waals surface area (Å²) in [4.78, 5) is 21.4. The largest absolute Gasteiger partial charge is 0.481 e. The summed E-state index contributed by atoms with van der Waals surface area (Å²) in [5.41, 5.74) is 0. The van der Waals surface area contributed by atoms with Crippen LogP contribution in [-0.2, 0) is 9.59 Å². The van der Waals surface area contributed by atoms with Gasteiger partial charge >= 0.3 is 5.97 Å². The minimum atomic E-state index is -2.78. The molecule has 0 bridgehead atoms. The molecule has 0 amide bonds. The van der Waals surface area contributed by atoms with Crippen molar-refractivity contribution >= 4 is 11.8 Å². The van der Waals surface area contributed by atoms with E-state index in [2.05, 4.69) is 0 Å². The fourth-order valence-corrected chi connectivity index (χ4v) is 3.71. The molecular weight excluding hydrogens is 340 g/mol. The zero-order valence-electron chi connectivity index (χ0n) is 14.3. The molecule has 0 aromatic rings. The first-order chi connectivity index (χ1) is 10.8. The molecule has 0 aliphatic heterocycles. The molecule has 148 valence electrons. The van der Waals surface area contributed by atoms with E-state index in [1.807, 2.05) is 0 Å². The molecule has 3 nitrogen and oxygen atoms in total. The smallest absolute Gasteiger partial charge is 0.306 e. The van der Waals surface area contributed by atoms with Gasteiger partial charge in [0.2, 0.25) is 11.8 Å². The fraction of sp³-hybridized carbons (Fsp3) is 0.889. The average molecular weight is 370 g/mol. The van der Waals surface area contributed by atoms with Gasteiger partial charge in [0.15, 0.2) is 0 Å². The highest BCUT2D eigenvalue weighted by Crippen LogP contribution is 2.40. The highest BCUT2D eigenvalue weighted by Gasteiger charge is 2.42. The van der Waals surface area contributed by atoms with E-state index in [9.17, 15) is 27.2 Å². The van der Waals surface area contributed by atoms with Crippen molar-refractivity contribution in [3.8, 4) is 0 Å². The lowest BCUT2D eigenvalue weighted by Crippen LogP contribution is -2.34. The number of ketones is 1. The zero-order chi connectivity index (χ0) is 18.7. The van der Waals surface area contributed by atoms with E-state index in [1.54, 1.807) is 13.8 Å². The predicted molar refractivity (Wildman–Crippen MR) is 88.0 cm³/mol. The molecule has 7 heteroatoms. The standard InChI is InChI=1S/C9H14F2O.C8H12F2O2.CH4/c1-6-3-8(7(2)12)5-9(10,11)4-6;1-5-2-6(7(11)12)4-8(9,10)3-5;/h6,8H,3-5H2,1-2H3;5-6H,2-4H2,1H3,(H,11,12);1H4. The summed E-state index contributed by atoms with van der Waals surface area (Å²) in [5.74, 6) is -8.07. The molecule has 1 N–H and O–H groups in total. The van der Waals surface area contributed by atoms with Crippen molar-refractivity contribution in [3.63, 3.8) is 0 Å². The summed E-state index contributed by atoms with van der Waals surface area (Å²) < 4.78 is 51.4. The Balaban J connectivity index is 0.000000443. The van der Waals surface area contributed by atoms with Crippen LogP contribution in [-0.4, -0.2) is 28.7 Å². The van der Waals surface area contributed by atoms with Crippen LogP contribution < -0.4 is 0 Å². The normalized spacial score (nSPS) is 33.2. The van der Waals surface area contributed by atoms with Gasteiger partial charge in [-0.2, -0.15) is 0 Å². The first-order valence-electron chi connectivity index (χ1n) is 8.30. The van der Waals surface area contributed by atoms with Gasteiger partial charge in [0.1, 0.15) is 5.78 Å². The van der Waals surface area contributed by atoms with E-state index in [4.69, 9.17) is 5.11 Å². The zero-order valence-corrected chi connectivity index (χ0v) is 14.3. The Hall–Kier alpha value is -1.14. The second-order valence-electron chi connectivity index (χ2n) is 7.55. The summed E-state index contributed by atoms with van der Waals surface area (Å²) in [5, 5.41) is 8.55. The molecule has 0 aromatic heterocycles. The first kappa shape index (κ1) is 23.9. The fourth-order valence-electron chi connectivity index (χ4n) is 3.71. The number of carboxylic acid groups (broad SMARTS) is 1. The number of hydrogen-bond acceptors (Lipinski definition) is 2. The molecule has 0 radical (unpaired) electrons. The van der Waals surface area contributed by atoms with Gasteiger partial charge in [-0.25, -0.2) is 17.6 Å². The minimum Gasteiger partial charge on any atom is -0.481 e. The molecular formula is C18H30F4O3. The van der Waals surface area contributed by atoms with Crippen LogP contribution in [0.3, 0.4) is 0 Å². The van der Waals surface area contributed by atoms with E-state index in [-0.39, 0.29) is 44.3 Å². The second kappa shape index (κ2) is 8.99. The maximum absolute atomic E-state index is 12.9. The van der Waals surface area contributed by atoms with Crippen molar-refractivity contribution in [1.29, 1.82) is 0 Å². The Morgan fingerprint density at radius 1 is 0.840 bits per heavy atom. The molecule has 2 aliphatic rings. The van der Waals surface area contributed by atoms with E-state index in [1.165, 1.54) is 6.92 Å². The third-order valence-corrected chi connectivity index (χ3v) is 4.68. The SMILES string of the molecule is C.CC(=O)C1CC(C)CC(F)(F)C1.CC1CC(C(=O)O)CC(F)(F)C1. The molecule has 0 heterocycles. The average Bonchev–Trinajstić information content (AvgIpc) is 2.34. The van der Waals surface area contributed by atoms with E-state index >= 15 is 0 Å². The number of alkyl halides is 4. The molecule has 2 saturated carbocycles. The van der Waals surface area contributed by atoms with Gasteiger partial charge in [0, 0.05) is 31.6 Å². The van der Waals surface area contributed by atoms with Crippen molar-refractivity contribution in [2.45, 2.75) is 78.6 Å². The number of halogens is 4. The Bertz CT molecular complexity index is 423. The summed E-state index contributed by atoms with van der Waals surface area (Å²) >= 11 is 0. The molecule has 0 saturated heterocycles. The van der Waals surface area contributed by atoms with Crippen molar-refractivity contribution in [2.75, 3.05) is 0 Å². The minimum absolute atomic E-state index is 0. The van der Waals surface area contributed by atoms with Gasteiger partial charge in [-0.3, -0.25) is 9.59 Å². The molecule has 4 unspecified atom stereocenters. The number of Topliss-reactive ketones (excluding diaryl/α,β-unsaturated/α-hetero) is 1. The van der Waals surface area contributed by atoms with Crippen LogP contribution in [0.15, 0.2) is 0 Å². The molecule has 25 heavy (non-hydrogen) atoms. The monoisotopic (exact) mass is 370 g/mol. The highest BCUT2D eigenvalue weighted by molar-refractivity contribution is 5.78. The second-order valence-corrected chi connectivity index (χ2v) is 7.55. The number of hydrogen-bond donors (Lipinski definition) is 1. The maximum Gasteiger partial charge on any atom is 0.306 e. The number of rotatable bonds is 2. The maximum atomic E-state index is 12.9. The van der Waals surface area contributed by atoms with Crippen LogP contribution in [0.1, 0.15) is 66.7 Å². The Morgan fingerprint density at radius 2 is 1.20 bits per heavy atom. The highest BCUT2D eigenvalue weighted by atomic mass is 19.3. The first-order valence-corrected chi connectivity index (χ1v) is 8.30.